The van der Waals surface area contributed by atoms with Crippen LogP contribution in [0.2, 0.25) is 0 Å². The number of aromatic carboxylic acids is 1. The standard InChI is InChI=1S/C19H16FNO2S/c1-11(2)18-17(19(22)23)14(12-5-7-13(20)8-6-12)10-15(21-18)16-4-3-9-24-16/h3-11H,1-2H3,(H,22,23). The van der Waals surface area contributed by atoms with Crippen LogP contribution in [-0.4, -0.2) is 16.1 Å². The van der Waals surface area contributed by atoms with E-state index >= 15 is 0 Å². The summed E-state index contributed by atoms with van der Waals surface area (Å²) in [6, 6.07) is 11.5. The number of rotatable bonds is 4. The highest BCUT2D eigenvalue weighted by Gasteiger charge is 2.22. The van der Waals surface area contributed by atoms with Crippen LogP contribution in [0.4, 0.5) is 4.39 Å². The highest BCUT2D eigenvalue weighted by Crippen LogP contribution is 2.34. The van der Waals surface area contributed by atoms with Crippen LogP contribution in [0, 0.1) is 5.82 Å². The van der Waals surface area contributed by atoms with Gasteiger partial charge in [0, 0.05) is 5.56 Å². The van der Waals surface area contributed by atoms with Crippen LogP contribution in [0.25, 0.3) is 21.7 Å². The second kappa shape index (κ2) is 6.53. The first kappa shape index (κ1) is 16.3. The molecule has 0 aliphatic heterocycles. The number of pyridine rings is 1. The predicted octanol–water partition coefficient (Wildman–Crippen LogP) is 5.44. The minimum absolute atomic E-state index is 0.0461. The summed E-state index contributed by atoms with van der Waals surface area (Å²) in [5, 5.41) is 11.7. The zero-order chi connectivity index (χ0) is 17.3. The summed E-state index contributed by atoms with van der Waals surface area (Å²) >= 11 is 1.55. The summed E-state index contributed by atoms with van der Waals surface area (Å²) < 4.78 is 13.2. The van der Waals surface area contributed by atoms with E-state index in [2.05, 4.69) is 4.98 Å². The maximum atomic E-state index is 13.2. The van der Waals surface area contributed by atoms with E-state index < -0.39 is 5.97 Å². The van der Waals surface area contributed by atoms with Gasteiger partial charge in [-0.05, 0) is 41.1 Å². The largest absolute Gasteiger partial charge is 0.478 e. The van der Waals surface area contributed by atoms with Crippen molar-refractivity contribution in [2.24, 2.45) is 0 Å². The molecule has 0 aliphatic rings. The zero-order valence-electron chi connectivity index (χ0n) is 13.3. The number of carboxylic acid groups (broad SMARTS) is 1. The van der Waals surface area contributed by atoms with Gasteiger partial charge < -0.3 is 5.11 Å². The van der Waals surface area contributed by atoms with Gasteiger partial charge in [-0.3, -0.25) is 4.98 Å². The fourth-order valence-corrected chi connectivity index (χ4v) is 3.30. The molecule has 2 aromatic heterocycles. The molecule has 0 aliphatic carbocycles. The van der Waals surface area contributed by atoms with Crippen molar-refractivity contribution in [2.75, 3.05) is 0 Å². The third-order valence-corrected chi connectivity index (χ3v) is 4.63. The van der Waals surface area contributed by atoms with E-state index in [1.165, 1.54) is 12.1 Å². The quantitative estimate of drug-likeness (QED) is 0.687. The summed E-state index contributed by atoms with van der Waals surface area (Å²) in [5.74, 6) is -1.43. The molecular formula is C19H16FNO2S. The number of nitrogens with zero attached hydrogens (tertiary/aromatic N) is 1. The number of carboxylic acids is 1. The summed E-state index contributed by atoms with van der Waals surface area (Å²) in [6.07, 6.45) is 0. The van der Waals surface area contributed by atoms with Crippen molar-refractivity contribution in [1.82, 2.24) is 4.98 Å². The lowest BCUT2D eigenvalue weighted by Gasteiger charge is -2.16. The third-order valence-electron chi connectivity index (χ3n) is 3.74. The lowest BCUT2D eigenvalue weighted by atomic mass is 9.93. The molecule has 0 saturated heterocycles. The van der Waals surface area contributed by atoms with Gasteiger partial charge in [-0.1, -0.05) is 32.0 Å². The monoisotopic (exact) mass is 341 g/mol. The van der Waals surface area contributed by atoms with Crippen LogP contribution in [-0.2, 0) is 0 Å². The van der Waals surface area contributed by atoms with E-state index in [4.69, 9.17) is 0 Å². The number of aromatic nitrogens is 1. The fourth-order valence-electron chi connectivity index (χ4n) is 2.61. The van der Waals surface area contributed by atoms with Crippen LogP contribution in [0.5, 0.6) is 0 Å². The highest BCUT2D eigenvalue weighted by atomic mass is 32.1. The summed E-state index contributed by atoms with van der Waals surface area (Å²) in [6.45, 7) is 3.84. The molecular weight excluding hydrogens is 325 g/mol. The zero-order valence-corrected chi connectivity index (χ0v) is 14.1. The fraction of sp³-hybridized carbons (Fsp3) is 0.158. The smallest absolute Gasteiger partial charge is 0.338 e. The molecule has 0 amide bonds. The van der Waals surface area contributed by atoms with Crippen LogP contribution in [0.3, 0.4) is 0 Å². The number of halogens is 1. The van der Waals surface area contributed by atoms with Crippen molar-refractivity contribution in [3.63, 3.8) is 0 Å². The van der Waals surface area contributed by atoms with Crippen LogP contribution in [0.1, 0.15) is 35.8 Å². The molecule has 0 fully saturated rings. The molecule has 0 bridgehead atoms. The molecule has 0 spiro atoms. The van der Waals surface area contributed by atoms with E-state index in [9.17, 15) is 14.3 Å². The van der Waals surface area contributed by atoms with Gasteiger partial charge in [0.1, 0.15) is 5.82 Å². The molecule has 0 unspecified atom stereocenters. The molecule has 0 atom stereocenters. The van der Waals surface area contributed by atoms with Gasteiger partial charge in [0.15, 0.2) is 0 Å². The maximum Gasteiger partial charge on any atom is 0.338 e. The Kier molecular flexibility index (Phi) is 4.44. The Morgan fingerprint density at radius 1 is 1.21 bits per heavy atom. The Bertz CT molecular complexity index is 871. The maximum absolute atomic E-state index is 13.2. The highest BCUT2D eigenvalue weighted by molar-refractivity contribution is 7.13. The first-order valence-corrected chi connectivity index (χ1v) is 8.43. The van der Waals surface area contributed by atoms with E-state index in [-0.39, 0.29) is 17.3 Å². The molecule has 122 valence electrons. The van der Waals surface area contributed by atoms with Crippen molar-refractivity contribution in [1.29, 1.82) is 0 Å². The normalized spacial score (nSPS) is 11.0. The summed E-state index contributed by atoms with van der Waals surface area (Å²) in [5.41, 5.74) is 2.67. The molecule has 0 radical (unpaired) electrons. The lowest BCUT2D eigenvalue weighted by Crippen LogP contribution is -2.10. The first-order chi connectivity index (χ1) is 11.5. The van der Waals surface area contributed by atoms with Crippen molar-refractivity contribution >= 4 is 17.3 Å². The minimum atomic E-state index is -1.02. The van der Waals surface area contributed by atoms with Gasteiger partial charge in [0.2, 0.25) is 0 Å². The molecule has 3 aromatic rings. The summed E-state index contributed by atoms with van der Waals surface area (Å²) in [7, 11) is 0. The Balaban J connectivity index is 2.31. The topological polar surface area (TPSA) is 50.2 Å². The number of benzene rings is 1. The molecule has 24 heavy (non-hydrogen) atoms. The Morgan fingerprint density at radius 3 is 2.46 bits per heavy atom. The lowest BCUT2D eigenvalue weighted by molar-refractivity contribution is 0.0695. The molecule has 3 rings (SSSR count). The summed E-state index contributed by atoms with van der Waals surface area (Å²) in [4.78, 5) is 17.4. The van der Waals surface area contributed by atoms with Crippen molar-refractivity contribution < 1.29 is 14.3 Å². The molecule has 1 N–H and O–H groups in total. The Morgan fingerprint density at radius 2 is 1.92 bits per heavy atom. The van der Waals surface area contributed by atoms with Gasteiger partial charge in [0.25, 0.3) is 0 Å². The van der Waals surface area contributed by atoms with Gasteiger partial charge in [-0.15, -0.1) is 11.3 Å². The van der Waals surface area contributed by atoms with Gasteiger partial charge in [0.05, 0.1) is 21.8 Å². The van der Waals surface area contributed by atoms with Crippen LogP contribution < -0.4 is 0 Å². The van der Waals surface area contributed by atoms with E-state index in [1.54, 1.807) is 29.5 Å². The predicted molar refractivity (Wildman–Crippen MR) is 94.0 cm³/mol. The Labute approximate surface area is 143 Å². The van der Waals surface area contributed by atoms with Gasteiger partial charge >= 0.3 is 5.97 Å². The molecule has 2 heterocycles. The van der Waals surface area contributed by atoms with Gasteiger partial charge in [-0.25, -0.2) is 9.18 Å². The minimum Gasteiger partial charge on any atom is -0.478 e. The van der Waals surface area contributed by atoms with Crippen molar-refractivity contribution in [3.8, 4) is 21.7 Å². The second-order valence-electron chi connectivity index (χ2n) is 5.76. The molecule has 3 nitrogen and oxygen atoms in total. The van der Waals surface area contributed by atoms with Crippen molar-refractivity contribution in [3.05, 3.63) is 64.9 Å². The number of thiophene rings is 1. The van der Waals surface area contributed by atoms with Gasteiger partial charge in [-0.2, -0.15) is 0 Å². The number of hydrogen-bond acceptors (Lipinski definition) is 3. The molecule has 0 saturated carbocycles. The average molecular weight is 341 g/mol. The average Bonchev–Trinajstić information content (AvgIpc) is 3.08. The SMILES string of the molecule is CC(C)c1nc(-c2cccs2)cc(-c2ccc(F)cc2)c1C(=O)O. The third kappa shape index (κ3) is 3.08. The Hall–Kier alpha value is -2.53. The second-order valence-corrected chi connectivity index (χ2v) is 6.71. The van der Waals surface area contributed by atoms with Crippen LogP contribution >= 0.6 is 11.3 Å². The van der Waals surface area contributed by atoms with E-state index in [0.29, 0.717) is 16.8 Å². The molecule has 5 heteroatoms. The van der Waals surface area contributed by atoms with Crippen LogP contribution in [0.15, 0.2) is 47.8 Å². The van der Waals surface area contributed by atoms with Crippen molar-refractivity contribution in [2.45, 2.75) is 19.8 Å². The molecule has 1 aromatic carbocycles. The van der Waals surface area contributed by atoms with E-state index in [0.717, 1.165) is 10.6 Å². The number of carbonyl (C=O) groups is 1. The van der Waals surface area contributed by atoms with E-state index in [1.807, 2.05) is 31.4 Å². The first-order valence-electron chi connectivity index (χ1n) is 7.55. The number of hydrogen-bond donors (Lipinski definition) is 1.